The summed E-state index contributed by atoms with van der Waals surface area (Å²) in [5, 5.41) is 0.567. The minimum absolute atomic E-state index is 0.500. The third kappa shape index (κ3) is 3.05. The van der Waals surface area contributed by atoms with E-state index in [4.69, 9.17) is 16.3 Å². The van der Waals surface area contributed by atoms with Crippen molar-refractivity contribution in [1.29, 1.82) is 0 Å². The summed E-state index contributed by atoms with van der Waals surface area (Å²) in [5.74, 6) is 1.25. The molecule has 0 aliphatic carbocycles. The zero-order chi connectivity index (χ0) is 13.3. The molecule has 1 aromatic carbocycles. The Bertz CT molecular complexity index is 579. The molecule has 0 saturated carbocycles. The lowest BCUT2D eigenvalue weighted by Gasteiger charge is -2.10. The zero-order valence-corrected chi connectivity index (χ0v) is 13.7. The number of pyridine rings is 1. The average molecular weight is 391 g/mol. The van der Waals surface area contributed by atoms with Gasteiger partial charge in [0.25, 0.3) is 0 Å². The molecule has 0 amide bonds. The molecule has 5 heteroatoms. The lowest BCUT2D eigenvalue weighted by Crippen LogP contribution is -1.91. The van der Waals surface area contributed by atoms with Crippen LogP contribution in [0.3, 0.4) is 0 Å². The maximum Gasteiger partial charge on any atom is 0.233 e. The van der Waals surface area contributed by atoms with Crippen molar-refractivity contribution in [2.24, 2.45) is 0 Å². The van der Waals surface area contributed by atoms with Gasteiger partial charge in [-0.3, -0.25) is 0 Å². The fourth-order valence-electron chi connectivity index (χ4n) is 1.55. The largest absolute Gasteiger partial charge is 0.438 e. The summed E-state index contributed by atoms with van der Waals surface area (Å²) in [6.07, 6.45) is 1.56. The van der Waals surface area contributed by atoms with E-state index < -0.39 is 0 Å². The molecule has 2 nitrogen and oxygen atoms in total. The van der Waals surface area contributed by atoms with Crippen LogP contribution in [-0.2, 0) is 0 Å². The molecule has 1 heterocycles. The topological polar surface area (TPSA) is 22.1 Å². The highest BCUT2D eigenvalue weighted by molar-refractivity contribution is 9.10. The van der Waals surface area contributed by atoms with E-state index in [-0.39, 0.29) is 0 Å². The fourth-order valence-corrected chi connectivity index (χ4v) is 2.50. The van der Waals surface area contributed by atoms with E-state index >= 15 is 0 Å². The quantitative estimate of drug-likeness (QED) is 0.658. The summed E-state index contributed by atoms with van der Waals surface area (Å²) in [5.41, 5.74) is 2.24. The van der Waals surface area contributed by atoms with Gasteiger partial charge in [-0.25, -0.2) is 4.98 Å². The molecule has 0 spiro atoms. The molecule has 0 atom stereocenters. The Hall–Kier alpha value is -0.580. The number of nitrogens with zero attached hydrogens (tertiary/aromatic N) is 1. The monoisotopic (exact) mass is 389 g/mol. The highest BCUT2D eigenvalue weighted by Gasteiger charge is 2.08. The van der Waals surface area contributed by atoms with Gasteiger partial charge in [0.15, 0.2) is 0 Å². The van der Waals surface area contributed by atoms with Crippen molar-refractivity contribution in [2.45, 2.75) is 13.8 Å². The van der Waals surface area contributed by atoms with Crippen LogP contribution in [0.5, 0.6) is 11.6 Å². The van der Waals surface area contributed by atoms with Gasteiger partial charge in [0.05, 0.1) is 9.50 Å². The van der Waals surface area contributed by atoms with Gasteiger partial charge in [0.2, 0.25) is 5.88 Å². The van der Waals surface area contributed by atoms with Crippen molar-refractivity contribution in [1.82, 2.24) is 4.98 Å². The molecule has 0 unspecified atom stereocenters. The van der Waals surface area contributed by atoms with Crippen LogP contribution in [0, 0.1) is 13.8 Å². The summed E-state index contributed by atoms with van der Waals surface area (Å²) in [6.45, 7) is 4.04. The maximum atomic E-state index is 5.84. The number of hydrogen-bond donors (Lipinski definition) is 0. The van der Waals surface area contributed by atoms with Crippen molar-refractivity contribution in [3.8, 4) is 11.6 Å². The van der Waals surface area contributed by atoms with Gasteiger partial charge >= 0.3 is 0 Å². The van der Waals surface area contributed by atoms with Crippen LogP contribution in [0.1, 0.15) is 11.1 Å². The molecular formula is C13H10Br2ClNO. The molecule has 18 heavy (non-hydrogen) atoms. The van der Waals surface area contributed by atoms with Crippen LogP contribution in [0.15, 0.2) is 33.3 Å². The van der Waals surface area contributed by atoms with Crippen LogP contribution < -0.4 is 4.74 Å². The van der Waals surface area contributed by atoms with E-state index in [1.165, 1.54) is 0 Å². The van der Waals surface area contributed by atoms with E-state index in [2.05, 4.69) is 36.8 Å². The predicted octanol–water partition coefficient (Wildman–Crippen LogP) is 5.67. The second-order valence-electron chi connectivity index (χ2n) is 3.91. The SMILES string of the molecule is Cc1cc(Oc2ncc(Cl)cc2Br)cc(C)c1Br. The number of halogens is 3. The zero-order valence-electron chi connectivity index (χ0n) is 9.80. The molecule has 0 aliphatic heterocycles. The van der Waals surface area contributed by atoms with Gasteiger partial charge < -0.3 is 4.74 Å². The Labute approximate surface area is 128 Å². The Morgan fingerprint density at radius 2 is 1.72 bits per heavy atom. The third-order valence-electron chi connectivity index (χ3n) is 2.40. The Morgan fingerprint density at radius 1 is 1.11 bits per heavy atom. The van der Waals surface area contributed by atoms with E-state index in [9.17, 15) is 0 Å². The van der Waals surface area contributed by atoms with E-state index in [1.54, 1.807) is 12.3 Å². The first-order valence-electron chi connectivity index (χ1n) is 5.23. The lowest BCUT2D eigenvalue weighted by atomic mass is 10.1. The molecule has 1 aromatic heterocycles. The normalized spacial score (nSPS) is 10.5. The van der Waals surface area contributed by atoms with Crippen LogP contribution in [-0.4, -0.2) is 4.98 Å². The van der Waals surface area contributed by atoms with E-state index in [0.29, 0.717) is 10.9 Å². The standard InChI is InChI=1S/C13H10Br2ClNO/c1-7-3-10(4-8(2)12(7)15)18-13-11(14)5-9(16)6-17-13/h3-6H,1-2H3. The summed E-state index contributed by atoms with van der Waals surface area (Å²) >= 11 is 12.7. The Balaban J connectivity index is 2.34. The van der Waals surface area contributed by atoms with Crippen LogP contribution in [0.25, 0.3) is 0 Å². The molecule has 0 aliphatic rings. The van der Waals surface area contributed by atoms with Crippen LogP contribution in [0.4, 0.5) is 0 Å². The number of aryl methyl sites for hydroxylation is 2. The van der Waals surface area contributed by atoms with Crippen molar-refractivity contribution >= 4 is 43.5 Å². The number of rotatable bonds is 2. The molecule has 0 N–H and O–H groups in total. The molecular weight excluding hydrogens is 381 g/mol. The molecule has 2 aromatic rings. The smallest absolute Gasteiger partial charge is 0.233 e. The Morgan fingerprint density at radius 3 is 2.28 bits per heavy atom. The first-order chi connectivity index (χ1) is 8.47. The molecule has 0 fully saturated rings. The highest BCUT2D eigenvalue weighted by Crippen LogP contribution is 2.32. The van der Waals surface area contributed by atoms with Crippen molar-refractivity contribution in [3.63, 3.8) is 0 Å². The lowest BCUT2D eigenvalue weighted by molar-refractivity contribution is 0.459. The first-order valence-corrected chi connectivity index (χ1v) is 7.19. The summed E-state index contributed by atoms with van der Waals surface area (Å²) < 4.78 is 7.57. The summed E-state index contributed by atoms with van der Waals surface area (Å²) in [7, 11) is 0. The van der Waals surface area contributed by atoms with Crippen molar-refractivity contribution < 1.29 is 4.74 Å². The van der Waals surface area contributed by atoms with Gasteiger partial charge in [0, 0.05) is 10.7 Å². The van der Waals surface area contributed by atoms with Crippen LogP contribution >= 0.6 is 43.5 Å². The predicted molar refractivity (Wildman–Crippen MR) is 80.6 cm³/mol. The number of benzene rings is 1. The van der Waals surface area contributed by atoms with Crippen LogP contribution in [0.2, 0.25) is 5.02 Å². The van der Waals surface area contributed by atoms with E-state index in [0.717, 1.165) is 25.8 Å². The third-order valence-corrected chi connectivity index (χ3v) is 4.42. The minimum Gasteiger partial charge on any atom is -0.438 e. The first kappa shape index (κ1) is 13.8. The molecule has 0 radical (unpaired) electrons. The molecule has 94 valence electrons. The summed E-state index contributed by atoms with van der Waals surface area (Å²) in [6, 6.07) is 5.67. The highest BCUT2D eigenvalue weighted by atomic mass is 79.9. The molecule has 0 bridgehead atoms. The number of ether oxygens (including phenoxy) is 1. The molecule has 2 rings (SSSR count). The minimum atomic E-state index is 0.500. The van der Waals surface area contributed by atoms with E-state index in [1.807, 2.05) is 26.0 Å². The second-order valence-corrected chi connectivity index (χ2v) is 6.00. The second kappa shape index (κ2) is 5.59. The van der Waals surface area contributed by atoms with Gasteiger partial charge in [-0.05, 0) is 59.1 Å². The maximum absolute atomic E-state index is 5.84. The fraction of sp³-hybridized carbons (Fsp3) is 0.154. The Kier molecular flexibility index (Phi) is 4.30. The average Bonchev–Trinajstić information content (AvgIpc) is 2.29. The number of hydrogen-bond acceptors (Lipinski definition) is 2. The van der Waals surface area contributed by atoms with Gasteiger partial charge in [-0.2, -0.15) is 0 Å². The van der Waals surface area contributed by atoms with Gasteiger partial charge in [0.1, 0.15) is 5.75 Å². The van der Waals surface area contributed by atoms with Gasteiger partial charge in [-0.15, -0.1) is 0 Å². The van der Waals surface area contributed by atoms with Gasteiger partial charge in [-0.1, -0.05) is 27.5 Å². The van der Waals surface area contributed by atoms with Crippen molar-refractivity contribution in [2.75, 3.05) is 0 Å². The molecule has 0 saturated heterocycles. The number of aromatic nitrogens is 1. The summed E-state index contributed by atoms with van der Waals surface area (Å²) in [4.78, 5) is 4.14. The van der Waals surface area contributed by atoms with Crippen molar-refractivity contribution in [3.05, 3.63) is 49.5 Å².